The fraction of sp³-hybridized carbons (Fsp3) is 1.00. The minimum absolute atomic E-state index is 0.455. The molecule has 0 bridgehead atoms. The summed E-state index contributed by atoms with van der Waals surface area (Å²) < 4.78 is 84.1. The van der Waals surface area contributed by atoms with E-state index in [4.69, 9.17) is 14.2 Å². The fourth-order valence-electron chi connectivity index (χ4n) is 3.24. The Balaban J connectivity index is 5.45. The van der Waals surface area contributed by atoms with Crippen LogP contribution in [-0.2, 0) is 41.6 Å². The molecule has 0 aliphatic heterocycles. The Morgan fingerprint density at radius 3 is 0.756 bits per heavy atom. The van der Waals surface area contributed by atoms with Crippen LogP contribution in [-0.4, -0.2) is 115 Å². The van der Waals surface area contributed by atoms with E-state index in [1.165, 1.54) is 6.92 Å². The van der Waals surface area contributed by atoms with Crippen molar-refractivity contribution in [2.24, 2.45) is 5.41 Å². The van der Waals surface area contributed by atoms with Crippen LogP contribution in [0, 0.1) is 5.41 Å². The van der Waals surface area contributed by atoms with E-state index in [1.54, 1.807) is 0 Å². The van der Waals surface area contributed by atoms with E-state index in [1.807, 2.05) is 0 Å². The van der Waals surface area contributed by atoms with Crippen LogP contribution < -0.4 is 0 Å². The van der Waals surface area contributed by atoms with Crippen LogP contribution in [0.4, 0.5) is 0 Å². The van der Waals surface area contributed by atoms with Crippen LogP contribution in [0.1, 0.15) is 26.2 Å². The highest BCUT2D eigenvalue weighted by Gasteiger charge is 2.45. The van der Waals surface area contributed by atoms with Gasteiger partial charge in [-0.2, -0.15) is 0 Å². The first-order chi connectivity index (χ1) is 18.0. The van der Waals surface area contributed by atoms with Crippen molar-refractivity contribution < 1.29 is 100 Å². The lowest BCUT2D eigenvalue weighted by Gasteiger charge is -2.30. The summed E-state index contributed by atoms with van der Waals surface area (Å²) in [5.74, 6) is 0. The molecule has 0 unspecified atom stereocenters. The zero-order valence-electron chi connectivity index (χ0n) is 21.3. The van der Waals surface area contributed by atoms with E-state index < -0.39 is 126 Å². The van der Waals surface area contributed by atoms with Crippen LogP contribution >= 0.6 is 45.6 Å². The SMILES string of the molecule is CC(COCCC(P(=O)(O)O)P(=O)(O)O)(COCCC(P(=O)(O)O)P(=O)(O)O)COCCC(P(=O)(O)O)P(=O)(O)O. The topological polar surface area (TPSA) is 373 Å². The van der Waals surface area contributed by atoms with Crippen molar-refractivity contribution in [3.05, 3.63) is 0 Å². The standard InChI is InChI=1S/C14H36O21P6/c1-14(8-33-5-2-11(36(15,16)17)37(18,19)20,9-34-6-3-12(38(21,22)23)39(24,25)26)10-35-7-4-13(40(27,28)29)41(30,31)32/h11-13H,2-10H2,1H3,(H2,15,16,17)(H2,18,19,20)(H2,21,22,23)(H2,24,25,26)(H2,27,28,29)(H2,30,31,32). The molecule has 12 N–H and O–H groups in total. The van der Waals surface area contributed by atoms with E-state index in [-0.39, 0.29) is 0 Å². The lowest BCUT2D eigenvalue weighted by Crippen LogP contribution is -2.35. The summed E-state index contributed by atoms with van der Waals surface area (Å²) in [5, 5.41) is -7.12. The van der Waals surface area contributed by atoms with Crippen molar-refractivity contribution in [1.29, 1.82) is 0 Å². The van der Waals surface area contributed by atoms with Crippen molar-refractivity contribution >= 4 is 45.6 Å². The van der Waals surface area contributed by atoms with E-state index in [2.05, 4.69) is 0 Å². The molecule has 0 aliphatic rings. The second-order valence-electron chi connectivity index (χ2n) is 9.31. The van der Waals surface area contributed by atoms with Gasteiger partial charge in [-0.15, -0.1) is 0 Å². The number of hydrogen-bond acceptors (Lipinski definition) is 9. The molecule has 248 valence electrons. The average Bonchev–Trinajstić information content (AvgIpc) is 2.67. The Labute approximate surface area is 233 Å². The summed E-state index contributed by atoms with van der Waals surface area (Å²) >= 11 is 0. The van der Waals surface area contributed by atoms with Gasteiger partial charge in [0.05, 0.1) is 19.8 Å². The van der Waals surface area contributed by atoms with Gasteiger partial charge in [0.25, 0.3) is 0 Å². The van der Waals surface area contributed by atoms with Crippen LogP contribution in [0.15, 0.2) is 0 Å². The first-order valence-corrected chi connectivity index (χ1v) is 21.2. The van der Waals surface area contributed by atoms with Gasteiger partial charge in [0.1, 0.15) is 0 Å². The monoisotopic (exact) mass is 726 g/mol. The molecule has 0 heterocycles. The van der Waals surface area contributed by atoms with Crippen molar-refractivity contribution in [3.8, 4) is 0 Å². The molecule has 41 heavy (non-hydrogen) atoms. The van der Waals surface area contributed by atoms with E-state index in [9.17, 15) is 86.1 Å². The van der Waals surface area contributed by atoms with Gasteiger partial charge in [-0.1, -0.05) is 6.92 Å². The molecule has 21 nitrogen and oxygen atoms in total. The molecule has 0 aliphatic carbocycles. The molecule has 0 amide bonds. The van der Waals surface area contributed by atoms with Gasteiger partial charge >= 0.3 is 45.6 Å². The van der Waals surface area contributed by atoms with Crippen LogP contribution in [0.3, 0.4) is 0 Å². The lowest BCUT2D eigenvalue weighted by molar-refractivity contribution is -0.0605. The molecule has 27 heteroatoms. The molecular formula is C14H36O21P6. The summed E-state index contributed by atoms with van der Waals surface area (Å²) in [6.45, 7) is -1.85. The molecule has 0 radical (unpaired) electrons. The second kappa shape index (κ2) is 15.9. The summed E-state index contributed by atoms with van der Waals surface area (Å²) in [5.41, 5.74) is -1.33. The Bertz CT molecular complexity index is 904. The van der Waals surface area contributed by atoms with Crippen LogP contribution in [0.2, 0.25) is 0 Å². The van der Waals surface area contributed by atoms with Crippen LogP contribution in [0.5, 0.6) is 0 Å². The Morgan fingerprint density at radius 2 is 0.610 bits per heavy atom. The average molecular weight is 726 g/mol. The zero-order valence-corrected chi connectivity index (χ0v) is 26.7. The first-order valence-electron chi connectivity index (χ1n) is 11.1. The summed E-state index contributed by atoms with van der Waals surface area (Å²) in [6, 6.07) is 0. The molecule has 0 saturated carbocycles. The molecular weight excluding hydrogens is 690 g/mol. The maximum atomic E-state index is 11.4. The summed E-state index contributed by atoms with van der Waals surface area (Å²) in [6.07, 6.45) is -2.40. The third kappa shape index (κ3) is 16.6. The minimum atomic E-state index is -5.24. The number of hydrogen-bond donors (Lipinski definition) is 12. The van der Waals surface area contributed by atoms with Gasteiger partial charge in [0.2, 0.25) is 0 Å². The first kappa shape index (κ1) is 41.8. The minimum Gasteiger partial charge on any atom is -0.381 e. The van der Waals surface area contributed by atoms with Crippen molar-refractivity contribution in [1.82, 2.24) is 0 Å². The Hall–Kier alpha value is 0.780. The highest BCUT2D eigenvalue weighted by atomic mass is 31.2. The smallest absolute Gasteiger partial charge is 0.340 e. The van der Waals surface area contributed by atoms with Gasteiger partial charge in [0.15, 0.2) is 16.2 Å². The normalized spacial score (nSPS) is 14.9. The second-order valence-corrected chi connectivity index (χ2v) is 21.3. The highest BCUT2D eigenvalue weighted by Crippen LogP contribution is 2.62. The predicted octanol–water partition coefficient (Wildman–Crippen LogP) is -0.743. The Morgan fingerprint density at radius 1 is 0.439 bits per heavy atom. The van der Waals surface area contributed by atoms with Gasteiger partial charge in [-0.05, 0) is 19.3 Å². The van der Waals surface area contributed by atoms with E-state index in [0.29, 0.717) is 0 Å². The summed E-state index contributed by atoms with van der Waals surface area (Å²) in [4.78, 5) is 110. The number of ether oxygens (including phenoxy) is 3. The maximum absolute atomic E-state index is 11.4. The highest BCUT2D eigenvalue weighted by molar-refractivity contribution is 7.71. The van der Waals surface area contributed by atoms with E-state index >= 15 is 0 Å². The third-order valence-corrected chi connectivity index (χ3v) is 16.9. The molecule has 0 rings (SSSR count). The molecule has 0 atom stereocenters. The quantitative estimate of drug-likeness (QED) is 0.0511. The van der Waals surface area contributed by atoms with Gasteiger partial charge < -0.3 is 72.9 Å². The third-order valence-electron chi connectivity index (χ3n) is 5.24. The molecule has 0 aromatic rings. The van der Waals surface area contributed by atoms with Crippen molar-refractivity contribution in [2.45, 2.75) is 42.4 Å². The molecule has 0 aromatic heterocycles. The largest absolute Gasteiger partial charge is 0.381 e. The number of rotatable bonds is 21. The maximum Gasteiger partial charge on any atom is 0.340 e. The van der Waals surface area contributed by atoms with Crippen LogP contribution in [0.25, 0.3) is 0 Å². The predicted molar refractivity (Wildman–Crippen MR) is 138 cm³/mol. The molecule has 0 saturated heterocycles. The lowest BCUT2D eigenvalue weighted by atomic mass is 9.94. The van der Waals surface area contributed by atoms with Gasteiger partial charge in [-0.3, -0.25) is 27.4 Å². The van der Waals surface area contributed by atoms with Gasteiger partial charge in [0, 0.05) is 25.2 Å². The summed E-state index contributed by atoms with van der Waals surface area (Å²) in [7, 11) is -31.5. The van der Waals surface area contributed by atoms with Crippen molar-refractivity contribution in [3.63, 3.8) is 0 Å². The van der Waals surface area contributed by atoms with Crippen molar-refractivity contribution in [2.75, 3.05) is 39.6 Å². The van der Waals surface area contributed by atoms with Gasteiger partial charge in [-0.25, -0.2) is 0 Å². The molecule has 0 fully saturated rings. The zero-order chi connectivity index (χ0) is 32.7. The molecule has 0 spiro atoms. The fourth-order valence-corrected chi connectivity index (χ4v) is 10.6. The Kier molecular flexibility index (Phi) is 16.2. The molecule has 0 aromatic carbocycles. The van der Waals surface area contributed by atoms with E-state index in [0.717, 1.165) is 0 Å².